The summed E-state index contributed by atoms with van der Waals surface area (Å²) in [5, 5.41) is 7.48. The molecule has 0 radical (unpaired) electrons. The van der Waals surface area contributed by atoms with E-state index >= 15 is 0 Å². The van der Waals surface area contributed by atoms with Gasteiger partial charge in [-0.1, -0.05) is 26.0 Å². The Kier molecular flexibility index (Phi) is 4.45. The summed E-state index contributed by atoms with van der Waals surface area (Å²) in [6, 6.07) is 8.31. The molecule has 0 fully saturated rings. The van der Waals surface area contributed by atoms with Crippen LogP contribution in [0.5, 0.6) is 5.75 Å². The molecule has 1 aromatic carbocycles. The van der Waals surface area contributed by atoms with Gasteiger partial charge in [-0.25, -0.2) is 0 Å². The van der Waals surface area contributed by atoms with Crippen molar-refractivity contribution in [3.63, 3.8) is 0 Å². The van der Waals surface area contributed by atoms with E-state index in [4.69, 9.17) is 10.5 Å². The molecule has 1 aromatic heterocycles. The van der Waals surface area contributed by atoms with Crippen molar-refractivity contribution in [2.75, 3.05) is 13.7 Å². The topological polar surface area (TPSA) is 63.9 Å². The number of rotatable bonds is 5. The largest absolute Gasteiger partial charge is 0.496 e. The van der Waals surface area contributed by atoms with Gasteiger partial charge in [0.15, 0.2) is 0 Å². The van der Waals surface area contributed by atoms with E-state index in [2.05, 4.69) is 42.2 Å². The van der Waals surface area contributed by atoms with E-state index in [0.29, 0.717) is 12.5 Å². The summed E-state index contributed by atoms with van der Waals surface area (Å²) in [5.74, 6) is 1.45. The second-order valence-corrected chi connectivity index (χ2v) is 5.42. The van der Waals surface area contributed by atoms with Crippen LogP contribution in [-0.4, -0.2) is 23.9 Å². The van der Waals surface area contributed by atoms with Gasteiger partial charge in [0.05, 0.1) is 12.8 Å². The molecule has 1 atom stereocenters. The first-order chi connectivity index (χ1) is 9.56. The molecular formula is C16H23N3O. The molecule has 0 bridgehead atoms. The highest BCUT2D eigenvalue weighted by molar-refractivity contribution is 5.40. The first-order valence-corrected chi connectivity index (χ1v) is 6.96. The zero-order chi connectivity index (χ0) is 14.7. The van der Waals surface area contributed by atoms with Gasteiger partial charge in [0.1, 0.15) is 5.75 Å². The van der Waals surface area contributed by atoms with Crippen LogP contribution in [0.1, 0.15) is 48.2 Å². The highest BCUT2D eigenvalue weighted by Crippen LogP contribution is 2.28. The number of aryl methyl sites for hydroxylation is 1. The Morgan fingerprint density at radius 2 is 2.05 bits per heavy atom. The van der Waals surface area contributed by atoms with Gasteiger partial charge >= 0.3 is 0 Å². The van der Waals surface area contributed by atoms with Gasteiger partial charge in [0.2, 0.25) is 0 Å². The summed E-state index contributed by atoms with van der Waals surface area (Å²) >= 11 is 0. The molecule has 1 unspecified atom stereocenters. The lowest BCUT2D eigenvalue weighted by molar-refractivity contribution is 0.411. The molecule has 4 nitrogen and oxygen atoms in total. The summed E-state index contributed by atoms with van der Waals surface area (Å²) < 4.78 is 5.30. The van der Waals surface area contributed by atoms with Crippen LogP contribution in [0.3, 0.4) is 0 Å². The van der Waals surface area contributed by atoms with Gasteiger partial charge in [-0.15, -0.1) is 0 Å². The number of nitrogens with one attached hydrogen (secondary N) is 1. The van der Waals surface area contributed by atoms with E-state index in [0.717, 1.165) is 22.7 Å². The molecule has 2 aromatic rings. The van der Waals surface area contributed by atoms with Gasteiger partial charge in [0, 0.05) is 18.2 Å². The van der Waals surface area contributed by atoms with Crippen LogP contribution in [0.15, 0.2) is 24.3 Å². The predicted octanol–water partition coefficient (Wildman–Crippen LogP) is 2.94. The average molecular weight is 273 g/mol. The lowest BCUT2D eigenvalue weighted by atomic mass is 9.93. The van der Waals surface area contributed by atoms with E-state index in [1.54, 1.807) is 7.11 Å². The molecular weight excluding hydrogens is 250 g/mol. The van der Waals surface area contributed by atoms with Crippen LogP contribution in [0, 0.1) is 6.92 Å². The van der Waals surface area contributed by atoms with Crippen LogP contribution in [0.2, 0.25) is 0 Å². The number of methoxy groups -OCH3 is 1. The Morgan fingerprint density at radius 1 is 1.30 bits per heavy atom. The van der Waals surface area contributed by atoms with Crippen molar-refractivity contribution in [3.05, 3.63) is 46.8 Å². The smallest absolute Gasteiger partial charge is 0.121 e. The summed E-state index contributed by atoms with van der Waals surface area (Å²) in [6.07, 6.45) is 0. The monoisotopic (exact) mass is 273 g/mol. The third-order valence-corrected chi connectivity index (χ3v) is 3.64. The number of nitrogens with two attached hydrogens (primary N) is 1. The van der Waals surface area contributed by atoms with Crippen molar-refractivity contribution in [2.24, 2.45) is 5.73 Å². The van der Waals surface area contributed by atoms with Crippen LogP contribution in [0.4, 0.5) is 0 Å². The quantitative estimate of drug-likeness (QED) is 0.880. The first kappa shape index (κ1) is 14.6. The molecule has 0 aliphatic rings. The zero-order valence-electron chi connectivity index (χ0n) is 12.6. The number of hydrogen-bond donors (Lipinski definition) is 2. The summed E-state index contributed by atoms with van der Waals surface area (Å²) in [7, 11) is 1.69. The molecule has 0 saturated heterocycles. The Bertz CT molecular complexity index is 575. The second-order valence-electron chi connectivity index (χ2n) is 5.42. The fourth-order valence-corrected chi connectivity index (χ4v) is 2.39. The van der Waals surface area contributed by atoms with Crippen molar-refractivity contribution in [3.8, 4) is 5.75 Å². The predicted molar refractivity (Wildman–Crippen MR) is 81.3 cm³/mol. The van der Waals surface area contributed by atoms with Crippen molar-refractivity contribution in [1.29, 1.82) is 0 Å². The Morgan fingerprint density at radius 3 is 2.55 bits per heavy atom. The molecule has 0 amide bonds. The molecule has 3 N–H and O–H groups in total. The van der Waals surface area contributed by atoms with Crippen LogP contribution >= 0.6 is 0 Å². The second kappa shape index (κ2) is 6.09. The maximum atomic E-state index is 5.96. The van der Waals surface area contributed by atoms with Crippen molar-refractivity contribution in [1.82, 2.24) is 10.2 Å². The molecule has 4 heteroatoms. The minimum Gasteiger partial charge on any atom is -0.496 e. The molecule has 0 aliphatic carbocycles. The van der Waals surface area contributed by atoms with E-state index < -0.39 is 0 Å². The fourth-order valence-electron chi connectivity index (χ4n) is 2.39. The molecule has 20 heavy (non-hydrogen) atoms. The lowest BCUT2D eigenvalue weighted by Gasteiger charge is -2.15. The Balaban J connectivity index is 2.33. The van der Waals surface area contributed by atoms with E-state index in [1.807, 2.05) is 13.0 Å². The number of H-pyrrole nitrogens is 1. The first-order valence-electron chi connectivity index (χ1n) is 6.96. The normalized spacial score (nSPS) is 12.7. The summed E-state index contributed by atoms with van der Waals surface area (Å²) in [5.41, 5.74) is 10.4. The lowest BCUT2D eigenvalue weighted by Crippen LogP contribution is -2.14. The fraction of sp³-hybridized carbons (Fsp3) is 0.438. The third-order valence-electron chi connectivity index (χ3n) is 3.64. The number of benzene rings is 1. The Labute approximate surface area is 120 Å². The van der Waals surface area contributed by atoms with Gasteiger partial charge in [-0.3, -0.25) is 5.10 Å². The Hall–Kier alpha value is -1.81. The van der Waals surface area contributed by atoms with Gasteiger partial charge in [0.25, 0.3) is 0 Å². The van der Waals surface area contributed by atoms with Crippen molar-refractivity contribution < 1.29 is 4.74 Å². The van der Waals surface area contributed by atoms with Crippen LogP contribution in [-0.2, 0) is 0 Å². The highest BCUT2D eigenvalue weighted by Gasteiger charge is 2.17. The van der Waals surface area contributed by atoms with E-state index in [-0.39, 0.29) is 5.92 Å². The minimum atomic E-state index is 0.139. The molecule has 1 heterocycles. The summed E-state index contributed by atoms with van der Waals surface area (Å²) in [4.78, 5) is 0. The van der Waals surface area contributed by atoms with Crippen LogP contribution < -0.4 is 10.5 Å². The van der Waals surface area contributed by atoms with Gasteiger partial charge < -0.3 is 10.5 Å². The maximum absolute atomic E-state index is 5.96. The molecule has 108 valence electrons. The molecule has 0 aliphatic heterocycles. The molecule has 0 spiro atoms. The summed E-state index contributed by atoms with van der Waals surface area (Å²) in [6.45, 7) is 6.86. The third kappa shape index (κ3) is 2.85. The number of hydrogen-bond acceptors (Lipinski definition) is 3. The number of nitrogens with zero attached hydrogens (tertiary/aromatic N) is 1. The molecule has 2 rings (SSSR count). The number of aromatic nitrogens is 2. The van der Waals surface area contributed by atoms with Gasteiger partial charge in [-0.2, -0.15) is 5.10 Å². The minimum absolute atomic E-state index is 0.139. The highest BCUT2D eigenvalue weighted by atomic mass is 16.5. The van der Waals surface area contributed by atoms with Crippen molar-refractivity contribution >= 4 is 0 Å². The van der Waals surface area contributed by atoms with Crippen LogP contribution in [0.25, 0.3) is 0 Å². The SMILES string of the molecule is COc1ccc(C(CN)c2cc(C(C)C)n[nH]2)cc1C. The van der Waals surface area contributed by atoms with E-state index in [1.165, 1.54) is 5.56 Å². The van der Waals surface area contributed by atoms with Crippen molar-refractivity contribution in [2.45, 2.75) is 32.6 Å². The maximum Gasteiger partial charge on any atom is 0.121 e. The molecule has 0 saturated carbocycles. The van der Waals surface area contributed by atoms with E-state index in [9.17, 15) is 0 Å². The number of ether oxygens (including phenoxy) is 1. The zero-order valence-corrected chi connectivity index (χ0v) is 12.6. The number of aromatic amines is 1. The average Bonchev–Trinajstić information content (AvgIpc) is 2.89. The van der Waals surface area contributed by atoms with Gasteiger partial charge in [-0.05, 0) is 36.1 Å². The standard InChI is InChI=1S/C16H23N3O/c1-10(2)14-8-15(19-18-14)13(9-17)12-5-6-16(20-4)11(3)7-12/h5-8,10,13H,9,17H2,1-4H3,(H,18,19).